The monoisotopic (exact) mass is 348 g/mol. The van der Waals surface area contributed by atoms with Crippen molar-refractivity contribution in [2.45, 2.75) is 25.4 Å². The van der Waals surface area contributed by atoms with Crippen molar-refractivity contribution in [1.29, 1.82) is 0 Å². The normalized spacial score (nSPS) is 18.8. The fourth-order valence-corrected chi connectivity index (χ4v) is 3.32. The number of guanidine groups is 1. The minimum Gasteiger partial charge on any atom is -0.338 e. The maximum absolute atomic E-state index is 12.2. The van der Waals surface area contributed by atoms with E-state index in [-0.39, 0.29) is 18.2 Å². The Morgan fingerprint density at radius 1 is 1.12 bits per heavy atom. The third-order valence-corrected chi connectivity index (χ3v) is 4.68. The van der Waals surface area contributed by atoms with Crippen molar-refractivity contribution in [1.82, 2.24) is 10.2 Å². The first-order chi connectivity index (χ1) is 12.7. The van der Waals surface area contributed by atoms with Gasteiger partial charge in [0.1, 0.15) is 6.04 Å². The van der Waals surface area contributed by atoms with E-state index < -0.39 is 6.04 Å². The molecule has 2 N–H and O–H groups in total. The Bertz CT molecular complexity index is 863. The number of nitrogens with zero attached hydrogens (tertiary/aromatic N) is 2. The van der Waals surface area contributed by atoms with E-state index in [1.807, 2.05) is 42.5 Å². The molecule has 132 valence electrons. The Balaban J connectivity index is 1.40. The second-order valence-electron chi connectivity index (χ2n) is 6.52. The summed E-state index contributed by atoms with van der Waals surface area (Å²) in [5.41, 5.74) is 3.31. The van der Waals surface area contributed by atoms with Crippen LogP contribution in [0.2, 0.25) is 0 Å². The number of hydrogen-bond donors (Lipinski definition) is 2. The molecule has 2 aromatic rings. The van der Waals surface area contributed by atoms with Gasteiger partial charge in [-0.1, -0.05) is 42.5 Å². The second kappa shape index (κ2) is 7.00. The number of amides is 2. The van der Waals surface area contributed by atoms with Gasteiger partial charge in [-0.3, -0.25) is 14.9 Å². The standard InChI is InChI=1S/C20H20N4O2/c25-18(21-16-8-2-1-3-9-16)12-17-19(26)23-20(22-17)24-11-10-14-6-4-5-7-15(14)13-24/h1-9,17H,10-13H2,(H,21,25)(H,22,23,26)/t17-/m1/s1. The maximum atomic E-state index is 12.2. The lowest BCUT2D eigenvalue weighted by Crippen LogP contribution is -2.43. The molecule has 0 aliphatic carbocycles. The molecule has 4 rings (SSSR count). The molecular weight excluding hydrogens is 328 g/mol. The van der Waals surface area contributed by atoms with Crippen molar-refractivity contribution in [3.05, 3.63) is 65.7 Å². The van der Waals surface area contributed by atoms with Crippen LogP contribution in [0.25, 0.3) is 0 Å². The molecule has 0 saturated heterocycles. The SMILES string of the molecule is O=C(C[C@H]1N=C(N2CCc3ccccc3C2)NC1=O)Nc1ccccc1. The van der Waals surface area contributed by atoms with Crippen molar-refractivity contribution in [3.8, 4) is 0 Å². The van der Waals surface area contributed by atoms with Crippen LogP contribution < -0.4 is 10.6 Å². The van der Waals surface area contributed by atoms with Gasteiger partial charge in [0.15, 0.2) is 0 Å². The maximum Gasteiger partial charge on any atom is 0.252 e. The number of para-hydroxylation sites is 1. The molecule has 0 unspecified atom stereocenters. The summed E-state index contributed by atoms with van der Waals surface area (Å²) in [6, 6.07) is 16.8. The van der Waals surface area contributed by atoms with E-state index in [0.717, 1.165) is 19.5 Å². The molecule has 1 atom stereocenters. The van der Waals surface area contributed by atoms with Gasteiger partial charge in [-0.25, -0.2) is 4.99 Å². The molecule has 2 aliphatic rings. The van der Waals surface area contributed by atoms with Gasteiger partial charge in [-0.2, -0.15) is 0 Å². The van der Waals surface area contributed by atoms with E-state index in [0.29, 0.717) is 11.6 Å². The number of hydrogen-bond acceptors (Lipinski definition) is 4. The van der Waals surface area contributed by atoms with E-state index in [2.05, 4.69) is 32.7 Å². The molecule has 0 fully saturated rings. The van der Waals surface area contributed by atoms with Crippen LogP contribution in [0.5, 0.6) is 0 Å². The average Bonchev–Trinajstić information content (AvgIpc) is 3.02. The summed E-state index contributed by atoms with van der Waals surface area (Å²) in [5.74, 6) is 0.134. The number of carbonyl (C=O) groups excluding carboxylic acids is 2. The zero-order valence-corrected chi connectivity index (χ0v) is 14.3. The van der Waals surface area contributed by atoms with Crippen molar-refractivity contribution >= 4 is 23.5 Å². The van der Waals surface area contributed by atoms with Crippen molar-refractivity contribution in [2.24, 2.45) is 4.99 Å². The highest BCUT2D eigenvalue weighted by molar-refractivity contribution is 6.07. The number of carbonyl (C=O) groups is 2. The number of aliphatic imine (C=N–C) groups is 1. The summed E-state index contributed by atoms with van der Waals surface area (Å²) in [4.78, 5) is 30.9. The van der Waals surface area contributed by atoms with Crippen molar-refractivity contribution in [3.63, 3.8) is 0 Å². The molecule has 0 bridgehead atoms. The third-order valence-electron chi connectivity index (χ3n) is 4.68. The predicted octanol–water partition coefficient (Wildman–Crippen LogP) is 1.93. The third kappa shape index (κ3) is 3.44. The van der Waals surface area contributed by atoms with E-state index in [4.69, 9.17) is 0 Å². The van der Waals surface area contributed by atoms with Crippen LogP contribution in [-0.4, -0.2) is 35.3 Å². The van der Waals surface area contributed by atoms with Crippen LogP contribution in [0.1, 0.15) is 17.5 Å². The highest BCUT2D eigenvalue weighted by Crippen LogP contribution is 2.20. The summed E-state index contributed by atoms with van der Waals surface area (Å²) < 4.78 is 0. The first-order valence-electron chi connectivity index (χ1n) is 8.74. The van der Waals surface area contributed by atoms with Gasteiger partial charge in [0.2, 0.25) is 11.9 Å². The average molecular weight is 348 g/mol. The van der Waals surface area contributed by atoms with Crippen LogP contribution in [-0.2, 0) is 22.6 Å². The van der Waals surface area contributed by atoms with Gasteiger partial charge < -0.3 is 10.2 Å². The molecule has 0 saturated carbocycles. The lowest BCUT2D eigenvalue weighted by molar-refractivity contribution is -0.123. The minimum atomic E-state index is -0.675. The zero-order valence-electron chi connectivity index (χ0n) is 14.3. The fraction of sp³-hybridized carbons (Fsp3) is 0.250. The van der Waals surface area contributed by atoms with Gasteiger partial charge in [0, 0.05) is 18.8 Å². The van der Waals surface area contributed by atoms with Gasteiger partial charge in [-0.15, -0.1) is 0 Å². The van der Waals surface area contributed by atoms with Crippen LogP contribution in [0, 0.1) is 0 Å². The van der Waals surface area contributed by atoms with Crippen LogP contribution in [0.15, 0.2) is 59.6 Å². The van der Waals surface area contributed by atoms with E-state index in [1.165, 1.54) is 11.1 Å². The highest BCUT2D eigenvalue weighted by atomic mass is 16.2. The molecule has 0 radical (unpaired) electrons. The molecule has 26 heavy (non-hydrogen) atoms. The summed E-state index contributed by atoms with van der Waals surface area (Å²) in [6.45, 7) is 1.53. The van der Waals surface area contributed by atoms with Crippen LogP contribution in [0.4, 0.5) is 5.69 Å². The number of rotatable bonds is 3. The first kappa shape index (κ1) is 16.3. The number of fused-ring (bicyclic) bond motifs is 1. The number of benzene rings is 2. The van der Waals surface area contributed by atoms with E-state index >= 15 is 0 Å². The van der Waals surface area contributed by atoms with E-state index in [9.17, 15) is 9.59 Å². The van der Waals surface area contributed by atoms with Crippen molar-refractivity contribution in [2.75, 3.05) is 11.9 Å². The van der Waals surface area contributed by atoms with Gasteiger partial charge in [-0.05, 0) is 29.7 Å². The minimum absolute atomic E-state index is 0.0364. The first-order valence-corrected chi connectivity index (χ1v) is 8.74. The Morgan fingerprint density at radius 2 is 1.85 bits per heavy atom. The van der Waals surface area contributed by atoms with Gasteiger partial charge in [0.25, 0.3) is 5.91 Å². The molecule has 0 spiro atoms. The Kier molecular flexibility index (Phi) is 4.39. The molecule has 2 aliphatic heterocycles. The van der Waals surface area contributed by atoms with Crippen LogP contribution >= 0.6 is 0 Å². The van der Waals surface area contributed by atoms with Gasteiger partial charge >= 0.3 is 0 Å². The smallest absolute Gasteiger partial charge is 0.252 e. The molecule has 6 heteroatoms. The Morgan fingerprint density at radius 3 is 2.65 bits per heavy atom. The summed E-state index contributed by atoms with van der Waals surface area (Å²) in [7, 11) is 0. The topological polar surface area (TPSA) is 73.8 Å². The molecule has 2 amide bonds. The quantitative estimate of drug-likeness (QED) is 0.890. The lowest BCUT2D eigenvalue weighted by Gasteiger charge is -2.29. The van der Waals surface area contributed by atoms with Crippen LogP contribution in [0.3, 0.4) is 0 Å². The Labute approximate surface area is 151 Å². The highest BCUT2D eigenvalue weighted by Gasteiger charge is 2.32. The zero-order chi connectivity index (χ0) is 17.9. The summed E-state index contributed by atoms with van der Waals surface area (Å²) in [6.07, 6.45) is 0.957. The second-order valence-corrected chi connectivity index (χ2v) is 6.52. The predicted molar refractivity (Wildman–Crippen MR) is 99.6 cm³/mol. The fourth-order valence-electron chi connectivity index (χ4n) is 3.32. The largest absolute Gasteiger partial charge is 0.338 e. The van der Waals surface area contributed by atoms with E-state index in [1.54, 1.807) is 0 Å². The summed E-state index contributed by atoms with van der Waals surface area (Å²) in [5, 5.41) is 5.63. The number of anilines is 1. The molecule has 2 heterocycles. The number of nitrogens with one attached hydrogen (secondary N) is 2. The molecule has 6 nitrogen and oxygen atoms in total. The van der Waals surface area contributed by atoms with Crippen molar-refractivity contribution < 1.29 is 9.59 Å². The molecule has 0 aromatic heterocycles. The molecule has 2 aromatic carbocycles. The van der Waals surface area contributed by atoms with Gasteiger partial charge in [0.05, 0.1) is 6.42 Å². The Hall–Kier alpha value is -3.15. The molecular formula is C20H20N4O2. The summed E-state index contributed by atoms with van der Waals surface area (Å²) >= 11 is 0. The lowest BCUT2D eigenvalue weighted by atomic mass is 10.0.